The number of aryl methyl sites for hydroxylation is 2. The Hall–Kier alpha value is -0.830. The first-order valence-electron chi connectivity index (χ1n) is 5.99. The summed E-state index contributed by atoms with van der Waals surface area (Å²) >= 11 is 1.57. The van der Waals surface area contributed by atoms with Gasteiger partial charge in [0.15, 0.2) is 0 Å². The lowest BCUT2D eigenvalue weighted by molar-refractivity contribution is 0.100. The fraction of sp³-hybridized carbons (Fsp3) is 0.615. The average molecular weight is 239 g/mol. The Morgan fingerprint density at radius 2 is 2.19 bits per heavy atom. The monoisotopic (exact) mass is 239 g/mol. The smallest absolute Gasteiger partial charge is 0.258 e. The number of carbonyl (C=O) groups excluding carboxylic acids is 1. The topological polar surface area (TPSA) is 43.1 Å². The Kier molecular flexibility index (Phi) is 5.00. The molecule has 16 heavy (non-hydrogen) atoms. The molecule has 1 amide bonds. The number of amides is 1. The number of carbonyl (C=O) groups is 1. The van der Waals surface area contributed by atoms with Gasteiger partial charge in [0, 0.05) is 4.88 Å². The van der Waals surface area contributed by atoms with Crippen LogP contribution in [0, 0.1) is 5.92 Å². The van der Waals surface area contributed by atoms with Gasteiger partial charge >= 0.3 is 0 Å². The lowest BCUT2D eigenvalue weighted by atomic mass is 10.0. The first-order chi connectivity index (χ1) is 7.58. The molecule has 0 spiro atoms. The van der Waals surface area contributed by atoms with E-state index in [2.05, 4.69) is 20.8 Å². The van der Waals surface area contributed by atoms with Crippen LogP contribution in [-0.4, -0.2) is 5.91 Å². The second-order valence-corrected chi connectivity index (χ2v) is 5.47. The van der Waals surface area contributed by atoms with Gasteiger partial charge in [0.25, 0.3) is 5.91 Å². The summed E-state index contributed by atoms with van der Waals surface area (Å²) in [6, 6.07) is 1.96. The summed E-state index contributed by atoms with van der Waals surface area (Å²) < 4.78 is 0. The zero-order valence-electron chi connectivity index (χ0n) is 10.4. The van der Waals surface area contributed by atoms with Crippen LogP contribution >= 0.6 is 11.3 Å². The van der Waals surface area contributed by atoms with E-state index in [0.717, 1.165) is 18.8 Å². The van der Waals surface area contributed by atoms with E-state index < -0.39 is 0 Å². The summed E-state index contributed by atoms with van der Waals surface area (Å²) in [6.07, 6.45) is 4.48. The molecule has 2 N–H and O–H groups in total. The fourth-order valence-electron chi connectivity index (χ4n) is 1.68. The molecule has 0 bridgehead atoms. The van der Waals surface area contributed by atoms with Crippen LogP contribution in [0.5, 0.6) is 0 Å². The second kappa shape index (κ2) is 6.04. The molecule has 1 heterocycles. The number of nitrogens with two attached hydrogens (primary N) is 1. The normalized spacial score (nSPS) is 12.7. The van der Waals surface area contributed by atoms with Crippen molar-refractivity contribution in [1.29, 1.82) is 0 Å². The molecule has 1 atom stereocenters. The van der Waals surface area contributed by atoms with Gasteiger partial charge in [-0.15, -0.1) is 11.3 Å². The molecule has 0 saturated heterocycles. The molecule has 0 aliphatic rings. The SMILES string of the molecule is CCc1cc(C(N)=O)sc1CCC(C)CC. The lowest BCUT2D eigenvalue weighted by Crippen LogP contribution is -2.08. The minimum absolute atomic E-state index is 0.297. The van der Waals surface area contributed by atoms with Crippen molar-refractivity contribution in [3.05, 3.63) is 21.4 Å². The maximum absolute atomic E-state index is 11.1. The molecule has 3 heteroatoms. The number of rotatable bonds is 6. The standard InChI is InChI=1S/C13H21NOS/c1-4-9(3)6-7-11-10(5-2)8-12(16-11)13(14)15/h8-9H,4-7H2,1-3H3,(H2,14,15). The van der Waals surface area contributed by atoms with Gasteiger partial charge in [-0.05, 0) is 36.8 Å². The van der Waals surface area contributed by atoms with E-state index >= 15 is 0 Å². The van der Waals surface area contributed by atoms with Crippen LogP contribution in [0.3, 0.4) is 0 Å². The van der Waals surface area contributed by atoms with Crippen molar-refractivity contribution in [3.8, 4) is 0 Å². The summed E-state index contributed by atoms with van der Waals surface area (Å²) in [5, 5.41) is 0. The van der Waals surface area contributed by atoms with Crippen molar-refractivity contribution in [3.63, 3.8) is 0 Å². The molecule has 0 fully saturated rings. The quantitative estimate of drug-likeness (QED) is 0.812. The highest BCUT2D eigenvalue weighted by Gasteiger charge is 2.11. The molecule has 2 nitrogen and oxygen atoms in total. The van der Waals surface area contributed by atoms with Gasteiger partial charge < -0.3 is 5.73 Å². The van der Waals surface area contributed by atoms with E-state index in [0.29, 0.717) is 4.88 Å². The molecule has 1 unspecified atom stereocenters. The molecule has 0 radical (unpaired) electrons. The third kappa shape index (κ3) is 3.34. The summed E-state index contributed by atoms with van der Waals surface area (Å²) in [4.78, 5) is 13.2. The van der Waals surface area contributed by atoms with E-state index in [1.165, 1.54) is 23.3 Å². The molecule has 1 aromatic heterocycles. The lowest BCUT2D eigenvalue weighted by Gasteiger charge is -2.07. The minimum atomic E-state index is -0.297. The number of thiophene rings is 1. The van der Waals surface area contributed by atoms with Gasteiger partial charge in [-0.3, -0.25) is 4.79 Å². The number of hydrogen-bond acceptors (Lipinski definition) is 2. The van der Waals surface area contributed by atoms with Crippen LogP contribution in [0.25, 0.3) is 0 Å². The van der Waals surface area contributed by atoms with E-state index in [-0.39, 0.29) is 5.91 Å². The van der Waals surface area contributed by atoms with Crippen molar-refractivity contribution in [2.75, 3.05) is 0 Å². The summed E-state index contributed by atoms with van der Waals surface area (Å²) in [6.45, 7) is 6.61. The molecule has 0 aliphatic heterocycles. The third-order valence-corrected chi connectivity index (χ3v) is 4.33. The average Bonchev–Trinajstić information content (AvgIpc) is 2.69. The van der Waals surface area contributed by atoms with E-state index in [1.807, 2.05) is 6.07 Å². The predicted octanol–water partition coefficient (Wildman–Crippen LogP) is 3.39. The van der Waals surface area contributed by atoms with Crippen molar-refractivity contribution < 1.29 is 4.79 Å². The molecule has 1 aromatic rings. The van der Waals surface area contributed by atoms with Crippen LogP contribution in [-0.2, 0) is 12.8 Å². The highest BCUT2D eigenvalue weighted by atomic mass is 32.1. The van der Waals surface area contributed by atoms with E-state index in [4.69, 9.17) is 5.73 Å². The molecular weight excluding hydrogens is 218 g/mol. The molecule has 90 valence electrons. The van der Waals surface area contributed by atoms with Crippen molar-refractivity contribution >= 4 is 17.2 Å². The highest BCUT2D eigenvalue weighted by Crippen LogP contribution is 2.25. The summed E-state index contributed by atoms with van der Waals surface area (Å²) in [5.41, 5.74) is 6.60. The maximum atomic E-state index is 11.1. The van der Waals surface area contributed by atoms with Gasteiger partial charge in [-0.25, -0.2) is 0 Å². The summed E-state index contributed by atoms with van der Waals surface area (Å²) in [5.74, 6) is 0.457. The molecule has 0 aromatic carbocycles. The largest absolute Gasteiger partial charge is 0.365 e. The second-order valence-electron chi connectivity index (χ2n) is 4.33. The van der Waals surface area contributed by atoms with Crippen molar-refractivity contribution in [1.82, 2.24) is 0 Å². The first kappa shape index (κ1) is 13.2. The fourth-order valence-corrected chi connectivity index (χ4v) is 2.80. The summed E-state index contributed by atoms with van der Waals surface area (Å²) in [7, 11) is 0. The Balaban J connectivity index is 2.74. The van der Waals surface area contributed by atoms with Gasteiger partial charge in [0.2, 0.25) is 0 Å². The van der Waals surface area contributed by atoms with Crippen molar-refractivity contribution in [2.45, 2.75) is 46.5 Å². The van der Waals surface area contributed by atoms with Gasteiger partial charge in [-0.1, -0.05) is 27.2 Å². The van der Waals surface area contributed by atoms with Crippen LogP contribution in [0.2, 0.25) is 0 Å². The molecule has 1 rings (SSSR count). The maximum Gasteiger partial charge on any atom is 0.258 e. The molecule has 0 aliphatic carbocycles. The Bertz CT molecular complexity index is 357. The third-order valence-electron chi connectivity index (χ3n) is 3.08. The van der Waals surface area contributed by atoms with E-state index in [1.54, 1.807) is 11.3 Å². The number of hydrogen-bond donors (Lipinski definition) is 1. The number of primary amides is 1. The Labute approximate surface area is 102 Å². The zero-order chi connectivity index (χ0) is 12.1. The van der Waals surface area contributed by atoms with Crippen LogP contribution in [0.1, 0.15) is 53.7 Å². The van der Waals surface area contributed by atoms with Crippen LogP contribution < -0.4 is 5.73 Å². The zero-order valence-corrected chi connectivity index (χ0v) is 11.2. The minimum Gasteiger partial charge on any atom is -0.365 e. The van der Waals surface area contributed by atoms with E-state index in [9.17, 15) is 4.79 Å². The van der Waals surface area contributed by atoms with Gasteiger partial charge in [0.05, 0.1) is 4.88 Å². The molecule has 0 saturated carbocycles. The van der Waals surface area contributed by atoms with Crippen molar-refractivity contribution in [2.24, 2.45) is 11.7 Å². The van der Waals surface area contributed by atoms with Crippen LogP contribution in [0.15, 0.2) is 6.07 Å². The molecular formula is C13H21NOS. The van der Waals surface area contributed by atoms with Crippen LogP contribution in [0.4, 0.5) is 0 Å². The highest BCUT2D eigenvalue weighted by molar-refractivity contribution is 7.14. The Morgan fingerprint density at radius 3 is 2.69 bits per heavy atom. The predicted molar refractivity (Wildman–Crippen MR) is 70.0 cm³/mol. The van der Waals surface area contributed by atoms with Gasteiger partial charge in [-0.2, -0.15) is 0 Å². The van der Waals surface area contributed by atoms with Gasteiger partial charge in [0.1, 0.15) is 0 Å². The Morgan fingerprint density at radius 1 is 1.50 bits per heavy atom. The first-order valence-corrected chi connectivity index (χ1v) is 6.81.